The van der Waals surface area contributed by atoms with E-state index in [2.05, 4.69) is 20.9 Å². The molecule has 174 valence electrons. The second kappa shape index (κ2) is 8.38. The topological polar surface area (TPSA) is 111 Å². The Hall–Kier alpha value is -3.05. The molecule has 1 unspecified atom stereocenters. The van der Waals surface area contributed by atoms with Crippen molar-refractivity contribution in [2.45, 2.75) is 49.5 Å². The fraction of sp³-hybridized carbons (Fsp3) is 0.409. The highest BCUT2D eigenvalue weighted by atomic mass is 32.2. The van der Waals surface area contributed by atoms with Crippen molar-refractivity contribution in [2.24, 2.45) is 10.2 Å². The molecule has 0 saturated heterocycles. The van der Waals surface area contributed by atoms with Crippen LogP contribution in [-0.4, -0.2) is 38.3 Å². The Morgan fingerprint density at radius 2 is 2.06 bits per heavy atom. The van der Waals surface area contributed by atoms with Gasteiger partial charge in [-0.25, -0.2) is 23.7 Å². The van der Waals surface area contributed by atoms with Crippen LogP contribution < -0.4 is 15.5 Å². The Morgan fingerprint density at radius 3 is 2.73 bits per heavy atom. The second-order valence-corrected chi connectivity index (χ2v) is 9.33. The van der Waals surface area contributed by atoms with E-state index < -0.39 is 16.8 Å². The van der Waals surface area contributed by atoms with Crippen LogP contribution in [0.15, 0.2) is 40.5 Å². The normalized spacial score (nSPS) is 18.2. The number of hydrogen-bond acceptors (Lipinski definition) is 7. The summed E-state index contributed by atoms with van der Waals surface area (Å²) in [5.74, 6) is 1.35. The molecule has 5 rings (SSSR count). The SMILES string of the molecule is CCN1N=C(OC)C2(CCCCC2)n2c1cc1cnc(Nc3ccc(S(N)=O)c(F)c3)nc12. The molecule has 1 spiro atoms. The number of benzene rings is 1. The highest BCUT2D eigenvalue weighted by molar-refractivity contribution is 7.82. The molecule has 0 bridgehead atoms. The Balaban J connectivity index is 1.61. The minimum Gasteiger partial charge on any atom is -0.481 e. The molecule has 1 saturated carbocycles. The maximum Gasteiger partial charge on any atom is 0.232 e. The third-order valence-corrected chi connectivity index (χ3v) is 7.17. The lowest BCUT2D eigenvalue weighted by molar-refractivity contribution is 0.221. The predicted octanol–water partition coefficient (Wildman–Crippen LogP) is 3.75. The number of fused-ring (bicyclic) bond motifs is 4. The summed E-state index contributed by atoms with van der Waals surface area (Å²) in [5.41, 5.74) is 0.820. The molecule has 1 atom stereocenters. The molecular weight excluding hydrogens is 445 g/mol. The summed E-state index contributed by atoms with van der Waals surface area (Å²) in [5, 5.41) is 16.0. The fourth-order valence-corrected chi connectivity index (χ4v) is 5.36. The maximum absolute atomic E-state index is 14.2. The van der Waals surface area contributed by atoms with Crippen molar-refractivity contribution in [1.29, 1.82) is 0 Å². The first-order valence-electron chi connectivity index (χ1n) is 11.0. The summed E-state index contributed by atoms with van der Waals surface area (Å²) in [4.78, 5) is 9.19. The van der Waals surface area contributed by atoms with Crippen molar-refractivity contribution in [3.63, 3.8) is 0 Å². The van der Waals surface area contributed by atoms with E-state index in [4.69, 9.17) is 20.0 Å². The second-order valence-electron chi connectivity index (χ2n) is 8.30. The number of hydrogen-bond donors (Lipinski definition) is 2. The van der Waals surface area contributed by atoms with Crippen molar-refractivity contribution in [3.05, 3.63) is 36.3 Å². The smallest absolute Gasteiger partial charge is 0.232 e. The van der Waals surface area contributed by atoms with E-state index in [-0.39, 0.29) is 10.4 Å². The molecular formula is C22H26FN7O2S. The van der Waals surface area contributed by atoms with Crippen LogP contribution in [-0.2, 0) is 21.3 Å². The number of nitrogens with zero attached hydrogens (tertiary/aromatic N) is 5. The van der Waals surface area contributed by atoms with Crippen LogP contribution in [0.5, 0.6) is 0 Å². The summed E-state index contributed by atoms with van der Waals surface area (Å²) in [7, 11) is -0.216. The molecule has 2 aliphatic rings. The maximum atomic E-state index is 14.2. The van der Waals surface area contributed by atoms with Gasteiger partial charge in [-0.3, -0.25) is 4.57 Å². The number of halogens is 1. The first kappa shape index (κ1) is 21.8. The van der Waals surface area contributed by atoms with Gasteiger partial charge in [-0.2, -0.15) is 4.98 Å². The molecule has 3 aromatic rings. The predicted molar refractivity (Wildman–Crippen MR) is 126 cm³/mol. The first-order valence-corrected chi connectivity index (χ1v) is 12.2. The van der Waals surface area contributed by atoms with Gasteiger partial charge in [0.15, 0.2) is 0 Å². The standard InChI is InChI=1S/C22H26FN7O2S/c1-3-29-18-11-14-13-25-21(26-15-7-8-17(33(24)31)16(23)12-15)27-19(14)30(18)22(20(28-29)32-2)9-5-4-6-10-22/h7-8,11-13H,3-6,9-10,24H2,1-2H3,(H,25,26,27). The van der Waals surface area contributed by atoms with Gasteiger partial charge in [-0.05, 0) is 44.0 Å². The molecule has 33 heavy (non-hydrogen) atoms. The van der Waals surface area contributed by atoms with Gasteiger partial charge in [0.1, 0.15) is 33.8 Å². The van der Waals surface area contributed by atoms with Gasteiger partial charge in [0.25, 0.3) is 0 Å². The lowest BCUT2D eigenvalue weighted by Crippen LogP contribution is -2.49. The minimum absolute atomic E-state index is 0.0529. The number of aromatic nitrogens is 3. The van der Waals surface area contributed by atoms with E-state index in [9.17, 15) is 8.60 Å². The molecule has 3 heterocycles. The highest BCUT2D eigenvalue weighted by Gasteiger charge is 2.46. The third-order valence-electron chi connectivity index (χ3n) is 6.40. The number of nitrogens with one attached hydrogen (secondary N) is 1. The lowest BCUT2D eigenvalue weighted by atomic mass is 9.80. The number of methoxy groups -OCH3 is 1. The fourth-order valence-electron chi connectivity index (χ4n) is 4.91. The van der Waals surface area contributed by atoms with Crippen LogP contribution in [0, 0.1) is 5.82 Å². The summed E-state index contributed by atoms with van der Waals surface area (Å²) in [6.45, 7) is 2.73. The molecule has 2 aromatic heterocycles. The van der Waals surface area contributed by atoms with Gasteiger partial charge >= 0.3 is 0 Å². The number of hydrazone groups is 1. The van der Waals surface area contributed by atoms with Crippen LogP contribution in [0.2, 0.25) is 0 Å². The van der Waals surface area contributed by atoms with Gasteiger partial charge in [-0.1, -0.05) is 19.3 Å². The van der Waals surface area contributed by atoms with Crippen LogP contribution >= 0.6 is 0 Å². The largest absolute Gasteiger partial charge is 0.481 e. The summed E-state index contributed by atoms with van der Waals surface area (Å²) < 4.78 is 33.7. The number of ether oxygens (including phenoxy) is 1. The molecule has 1 aliphatic heterocycles. The zero-order valence-electron chi connectivity index (χ0n) is 18.5. The highest BCUT2D eigenvalue weighted by Crippen LogP contribution is 2.45. The van der Waals surface area contributed by atoms with Crippen molar-refractivity contribution in [3.8, 4) is 0 Å². The van der Waals surface area contributed by atoms with Crippen molar-refractivity contribution in [2.75, 3.05) is 24.0 Å². The van der Waals surface area contributed by atoms with Gasteiger partial charge in [0, 0.05) is 23.8 Å². The van der Waals surface area contributed by atoms with E-state index in [1.807, 2.05) is 11.9 Å². The minimum atomic E-state index is -1.89. The number of anilines is 3. The third kappa shape index (κ3) is 3.55. The monoisotopic (exact) mass is 471 g/mol. The molecule has 0 radical (unpaired) electrons. The number of rotatable bonds is 4. The molecule has 1 aliphatic carbocycles. The van der Waals surface area contributed by atoms with E-state index in [0.29, 0.717) is 24.1 Å². The Bertz CT molecular complexity index is 1270. The van der Waals surface area contributed by atoms with Crippen LogP contribution in [0.4, 0.5) is 21.8 Å². The zero-order valence-corrected chi connectivity index (χ0v) is 19.4. The lowest BCUT2D eigenvalue weighted by Gasteiger charge is -2.43. The average molecular weight is 472 g/mol. The van der Waals surface area contributed by atoms with E-state index in [1.165, 1.54) is 18.6 Å². The van der Waals surface area contributed by atoms with Crippen LogP contribution in [0.3, 0.4) is 0 Å². The Morgan fingerprint density at radius 1 is 1.27 bits per heavy atom. The van der Waals surface area contributed by atoms with Crippen molar-refractivity contribution >= 4 is 45.4 Å². The van der Waals surface area contributed by atoms with Gasteiger partial charge in [0.05, 0.1) is 12.0 Å². The summed E-state index contributed by atoms with van der Waals surface area (Å²) in [6, 6.07) is 6.28. The summed E-state index contributed by atoms with van der Waals surface area (Å²) in [6.07, 6.45) is 6.94. The number of nitrogens with two attached hydrogens (primary N) is 1. The van der Waals surface area contributed by atoms with Crippen molar-refractivity contribution < 1.29 is 13.3 Å². The van der Waals surface area contributed by atoms with Crippen LogP contribution in [0.1, 0.15) is 39.0 Å². The van der Waals surface area contributed by atoms with Gasteiger partial charge in [0.2, 0.25) is 11.8 Å². The molecule has 1 fully saturated rings. The molecule has 3 N–H and O–H groups in total. The van der Waals surface area contributed by atoms with E-state index in [1.54, 1.807) is 19.4 Å². The van der Waals surface area contributed by atoms with Gasteiger partial charge < -0.3 is 10.1 Å². The van der Waals surface area contributed by atoms with Crippen molar-refractivity contribution in [1.82, 2.24) is 14.5 Å². The first-order chi connectivity index (χ1) is 16.0. The van der Waals surface area contributed by atoms with E-state index >= 15 is 0 Å². The van der Waals surface area contributed by atoms with Gasteiger partial charge in [-0.15, -0.1) is 5.10 Å². The quantitative estimate of drug-likeness (QED) is 0.600. The van der Waals surface area contributed by atoms with E-state index in [0.717, 1.165) is 42.5 Å². The average Bonchev–Trinajstić information content (AvgIpc) is 3.20. The zero-order chi connectivity index (χ0) is 23.2. The summed E-state index contributed by atoms with van der Waals surface area (Å²) >= 11 is 0. The Labute approximate surface area is 193 Å². The Kier molecular flexibility index (Phi) is 5.53. The van der Waals surface area contributed by atoms with Crippen LogP contribution in [0.25, 0.3) is 11.0 Å². The molecule has 11 heteroatoms. The molecule has 1 aromatic carbocycles. The molecule has 0 amide bonds. The molecule has 9 nitrogen and oxygen atoms in total.